The first-order valence-electron chi connectivity index (χ1n) is 8.35. The highest BCUT2D eigenvalue weighted by molar-refractivity contribution is 5.43. The number of nitrogens with zero attached hydrogens (tertiary/aromatic N) is 3. The van der Waals surface area contributed by atoms with Crippen LogP contribution in [-0.2, 0) is 6.42 Å². The van der Waals surface area contributed by atoms with Crippen molar-refractivity contribution in [3.05, 3.63) is 65.1 Å². The molecule has 0 unspecified atom stereocenters. The SMILES string of the molecule is Cc1cccc2c1[C@@H](C)C[C@@H]2NCCc1nnc2ccccn12. The fraction of sp³-hybridized carbons (Fsp3) is 0.368. The van der Waals surface area contributed by atoms with Gasteiger partial charge in [0.05, 0.1) is 0 Å². The molecule has 118 valence electrons. The Labute approximate surface area is 136 Å². The molecule has 0 fully saturated rings. The Morgan fingerprint density at radius 3 is 3.00 bits per heavy atom. The summed E-state index contributed by atoms with van der Waals surface area (Å²) in [4.78, 5) is 0. The van der Waals surface area contributed by atoms with E-state index in [1.165, 1.54) is 23.1 Å². The van der Waals surface area contributed by atoms with Crippen LogP contribution < -0.4 is 5.32 Å². The lowest BCUT2D eigenvalue weighted by molar-refractivity contribution is 0.504. The van der Waals surface area contributed by atoms with Crippen molar-refractivity contribution >= 4 is 5.65 Å². The predicted molar refractivity (Wildman–Crippen MR) is 91.6 cm³/mol. The Morgan fingerprint density at radius 1 is 1.17 bits per heavy atom. The zero-order valence-corrected chi connectivity index (χ0v) is 13.7. The van der Waals surface area contributed by atoms with E-state index in [1.54, 1.807) is 0 Å². The Hall–Kier alpha value is -2.20. The van der Waals surface area contributed by atoms with Gasteiger partial charge in [-0.25, -0.2) is 0 Å². The van der Waals surface area contributed by atoms with E-state index in [0.29, 0.717) is 12.0 Å². The van der Waals surface area contributed by atoms with E-state index in [2.05, 4.69) is 52.0 Å². The first kappa shape index (κ1) is 14.4. The molecule has 0 saturated carbocycles. The van der Waals surface area contributed by atoms with Crippen LogP contribution in [0.25, 0.3) is 5.65 Å². The van der Waals surface area contributed by atoms with Crippen molar-refractivity contribution in [3.8, 4) is 0 Å². The summed E-state index contributed by atoms with van der Waals surface area (Å²) in [5.74, 6) is 1.65. The van der Waals surface area contributed by atoms with Crippen LogP contribution in [0.2, 0.25) is 0 Å². The third-order valence-corrected chi connectivity index (χ3v) is 4.94. The Balaban J connectivity index is 1.46. The van der Waals surface area contributed by atoms with Gasteiger partial charge < -0.3 is 5.32 Å². The lowest BCUT2D eigenvalue weighted by atomic mass is 9.98. The topological polar surface area (TPSA) is 42.2 Å². The second-order valence-electron chi connectivity index (χ2n) is 6.52. The van der Waals surface area contributed by atoms with Crippen molar-refractivity contribution in [2.45, 2.75) is 38.6 Å². The van der Waals surface area contributed by atoms with Crippen molar-refractivity contribution in [2.24, 2.45) is 0 Å². The molecular formula is C19H22N4. The molecule has 1 aliphatic carbocycles. The molecule has 0 aliphatic heterocycles. The first-order chi connectivity index (χ1) is 11.2. The van der Waals surface area contributed by atoms with E-state index in [1.807, 2.05) is 24.4 Å². The summed E-state index contributed by atoms with van der Waals surface area (Å²) in [6.45, 7) is 5.47. The fourth-order valence-electron chi connectivity index (χ4n) is 3.89. The maximum Gasteiger partial charge on any atom is 0.160 e. The Morgan fingerprint density at radius 2 is 2.09 bits per heavy atom. The number of hydrogen-bond acceptors (Lipinski definition) is 3. The smallest absolute Gasteiger partial charge is 0.160 e. The van der Waals surface area contributed by atoms with Gasteiger partial charge in [0, 0.05) is 25.2 Å². The molecule has 2 atom stereocenters. The Kier molecular flexibility index (Phi) is 3.62. The molecule has 1 N–H and O–H groups in total. The molecule has 4 nitrogen and oxygen atoms in total. The number of nitrogens with one attached hydrogen (secondary N) is 1. The van der Waals surface area contributed by atoms with Crippen LogP contribution in [0.4, 0.5) is 0 Å². The number of pyridine rings is 1. The predicted octanol–water partition coefficient (Wildman–Crippen LogP) is 3.42. The maximum absolute atomic E-state index is 4.31. The van der Waals surface area contributed by atoms with Gasteiger partial charge in [-0.15, -0.1) is 10.2 Å². The minimum Gasteiger partial charge on any atom is -0.309 e. The standard InChI is InChI=1S/C19H22N4/c1-13-6-5-7-15-16(12-14(2)19(13)15)20-10-9-18-22-21-17-8-3-4-11-23(17)18/h3-8,11,14,16,20H,9-10,12H2,1-2H3/t14-,16-/m0/s1. The van der Waals surface area contributed by atoms with Crippen molar-refractivity contribution in [2.75, 3.05) is 6.54 Å². The molecule has 2 aromatic heterocycles. The normalized spacial score (nSPS) is 20.1. The van der Waals surface area contributed by atoms with Gasteiger partial charge in [0.2, 0.25) is 0 Å². The molecule has 3 aromatic rings. The molecule has 0 spiro atoms. The van der Waals surface area contributed by atoms with Crippen LogP contribution in [0.1, 0.15) is 47.8 Å². The molecule has 0 saturated heterocycles. The highest BCUT2D eigenvalue weighted by Gasteiger charge is 2.28. The zero-order chi connectivity index (χ0) is 15.8. The summed E-state index contributed by atoms with van der Waals surface area (Å²) >= 11 is 0. The molecule has 0 radical (unpaired) electrons. The Bertz CT molecular complexity index is 836. The average molecular weight is 306 g/mol. The van der Waals surface area contributed by atoms with Crippen molar-refractivity contribution in [1.82, 2.24) is 19.9 Å². The first-order valence-corrected chi connectivity index (χ1v) is 8.35. The van der Waals surface area contributed by atoms with E-state index >= 15 is 0 Å². The lowest BCUT2D eigenvalue weighted by Crippen LogP contribution is -2.22. The van der Waals surface area contributed by atoms with Gasteiger partial charge in [-0.05, 0) is 48.1 Å². The number of aryl methyl sites for hydroxylation is 1. The van der Waals surface area contributed by atoms with Gasteiger partial charge in [-0.3, -0.25) is 4.40 Å². The average Bonchev–Trinajstić information content (AvgIpc) is 3.11. The van der Waals surface area contributed by atoms with Crippen molar-refractivity contribution in [1.29, 1.82) is 0 Å². The summed E-state index contributed by atoms with van der Waals surface area (Å²) in [7, 11) is 0. The zero-order valence-electron chi connectivity index (χ0n) is 13.7. The highest BCUT2D eigenvalue weighted by atomic mass is 15.2. The van der Waals surface area contributed by atoms with Crippen LogP contribution >= 0.6 is 0 Å². The molecule has 4 heteroatoms. The number of benzene rings is 1. The fourth-order valence-corrected chi connectivity index (χ4v) is 3.89. The quantitative estimate of drug-likeness (QED) is 0.803. The summed E-state index contributed by atoms with van der Waals surface area (Å²) < 4.78 is 2.07. The summed E-state index contributed by atoms with van der Waals surface area (Å²) in [6, 6.07) is 13.1. The van der Waals surface area contributed by atoms with Gasteiger partial charge in [-0.1, -0.05) is 31.2 Å². The van der Waals surface area contributed by atoms with Gasteiger partial charge in [0.15, 0.2) is 5.65 Å². The molecule has 2 heterocycles. The second kappa shape index (κ2) is 5.78. The van der Waals surface area contributed by atoms with Crippen LogP contribution in [0, 0.1) is 6.92 Å². The van der Waals surface area contributed by atoms with Crippen LogP contribution in [-0.4, -0.2) is 21.1 Å². The lowest BCUT2D eigenvalue weighted by Gasteiger charge is -2.14. The number of aromatic nitrogens is 3. The molecule has 23 heavy (non-hydrogen) atoms. The van der Waals surface area contributed by atoms with E-state index < -0.39 is 0 Å². The number of hydrogen-bond donors (Lipinski definition) is 1. The minimum absolute atomic E-state index is 0.457. The number of rotatable bonds is 4. The largest absolute Gasteiger partial charge is 0.309 e. The van der Waals surface area contributed by atoms with Crippen molar-refractivity contribution in [3.63, 3.8) is 0 Å². The minimum atomic E-state index is 0.457. The maximum atomic E-state index is 4.31. The van der Waals surface area contributed by atoms with E-state index in [4.69, 9.17) is 0 Å². The van der Waals surface area contributed by atoms with Crippen LogP contribution in [0.15, 0.2) is 42.6 Å². The van der Waals surface area contributed by atoms with Crippen LogP contribution in [0.3, 0.4) is 0 Å². The van der Waals surface area contributed by atoms with Gasteiger partial charge in [0.1, 0.15) is 5.82 Å². The van der Waals surface area contributed by atoms with Crippen LogP contribution in [0.5, 0.6) is 0 Å². The van der Waals surface area contributed by atoms with Crippen molar-refractivity contribution < 1.29 is 0 Å². The van der Waals surface area contributed by atoms with Gasteiger partial charge in [-0.2, -0.15) is 0 Å². The van der Waals surface area contributed by atoms with E-state index in [9.17, 15) is 0 Å². The third kappa shape index (κ3) is 2.53. The van der Waals surface area contributed by atoms with E-state index in [0.717, 1.165) is 24.4 Å². The summed E-state index contributed by atoms with van der Waals surface area (Å²) in [6.07, 6.45) is 4.10. The summed E-state index contributed by atoms with van der Waals surface area (Å²) in [5.41, 5.74) is 5.35. The number of fused-ring (bicyclic) bond motifs is 2. The van der Waals surface area contributed by atoms with E-state index in [-0.39, 0.29) is 0 Å². The molecule has 1 aliphatic rings. The second-order valence-corrected chi connectivity index (χ2v) is 6.52. The van der Waals surface area contributed by atoms with Gasteiger partial charge in [0.25, 0.3) is 0 Å². The monoisotopic (exact) mass is 306 g/mol. The molecule has 0 amide bonds. The highest BCUT2D eigenvalue weighted by Crippen LogP contribution is 2.41. The third-order valence-electron chi connectivity index (χ3n) is 4.94. The van der Waals surface area contributed by atoms with Gasteiger partial charge >= 0.3 is 0 Å². The molecule has 0 bridgehead atoms. The summed E-state index contributed by atoms with van der Waals surface area (Å²) in [5, 5.41) is 12.2. The molecule has 4 rings (SSSR count). The molecule has 1 aromatic carbocycles. The molecular weight excluding hydrogens is 284 g/mol.